The van der Waals surface area contributed by atoms with E-state index in [-0.39, 0.29) is 18.2 Å². The van der Waals surface area contributed by atoms with Gasteiger partial charge in [-0.15, -0.1) is 0 Å². The van der Waals surface area contributed by atoms with Crippen LogP contribution in [0.2, 0.25) is 5.02 Å². The van der Waals surface area contributed by atoms with Crippen LogP contribution in [0.4, 0.5) is 5.82 Å². The Morgan fingerprint density at radius 1 is 1.53 bits per heavy atom. The molecule has 1 fully saturated rings. The normalized spacial score (nSPS) is 18.1. The van der Waals surface area contributed by atoms with E-state index >= 15 is 0 Å². The highest BCUT2D eigenvalue weighted by Gasteiger charge is 2.34. The van der Waals surface area contributed by atoms with Crippen molar-refractivity contribution in [2.24, 2.45) is 0 Å². The number of anilines is 1. The zero-order valence-corrected chi connectivity index (χ0v) is 10.5. The standard InChI is InChI=1S/C11H16ClN3O2/c1-17-10-13-6-8(12)9(14-10)15-11(7-16)4-2-3-5-11/h6,16H,2-5,7H2,1H3,(H,13,14,15). The molecule has 0 bridgehead atoms. The maximum absolute atomic E-state index is 9.52. The summed E-state index contributed by atoms with van der Waals surface area (Å²) in [6, 6.07) is 0.267. The van der Waals surface area contributed by atoms with E-state index in [1.165, 1.54) is 13.3 Å². The molecule has 2 N–H and O–H groups in total. The molecule has 1 aromatic heterocycles. The summed E-state index contributed by atoms with van der Waals surface area (Å²) < 4.78 is 4.96. The molecule has 6 heteroatoms. The second-order valence-electron chi connectivity index (χ2n) is 4.32. The molecule has 1 heterocycles. The van der Waals surface area contributed by atoms with Gasteiger partial charge in [0.1, 0.15) is 5.02 Å². The van der Waals surface area contributed by atoms with Crippen LogP contribution in [0, 0.1) is 0 Å². The smallest absolute Gasteiger partial charge is 0.318 e. The minimum atomic E-state index is -0.303. The predicted molar refractivity (Wildman–Crippen MR) is 65.5 cm³/mol. The number of rotatable bonds is 4. The van der Waals surface area contributed by atoms with Crippen molar-refractivity contribution < 1.29 is 9.84 Å². The molecule has 0 spiro atoms. The Morgan fingerprint density at radius 2 is 2.24 bits per heavy atom. The second kappa shape index (κ2) is 5.06. The molecule has 0 amide bonds. The molecule has 17 heavy (non-hydrogen) atoms. The van der Waals surface area contributed by atoms with Gasteiger partial charge in [0, 0.05) is 0 Å². The van der Waals surface area contributed by atoms with Crippen LogP contribution in [0.25, 0.3) is 0 Å². The summed E-state index contributed by atoms with van der Waals surface area (Å²) in [7, 11) is 1.50. The van der Waals surface area contributed by atoms with Crippen molar-refractivity contribution in [3.05, 3.63) is 11.2 Å². The molecule has 1 aliphatic carbocycles. The fourth-order valence-electron chi connectivity index (χ4n) is 2.16. The van der Waals surface area contributed by atoms with E-state index in [2.05, 4.69) is 15.3 Å². The molecule has 0 atom stereocenters. The van der Waals surface area contributed by atoms with Crippen LogP contribution < -0.4 is 10.1 Å². The summed E-state index contributed by atoms with van der Waals surface area (Å²) in [6.45, 7) is 0.0790. The van der Waals surface area contributed by atoms with Crippen molar-refractivity contribution in [2.45, 2.75) is 31.2 Å². The van der Waals surface area contributed by atoms with E-state index in [0.29, 0.717) is 10.8 Å². The third-order valence-corrected chi connectivity index (χ3v) is 3.43. The predicted octanol–water partition coefficient (Wildman–Crippen LogP) is 1.86. The molecular weight excluding hydrogens is 242 g/mol. The van der Waals surface area contributed by atoms with Crippen LogP contribution in [0.5, 0.6) is 6.01 Å². The lowest BCUT2D eigenvalue weighted by Gasteiger charge is -2.28. The van der Waals surface area contributed by atoms with E-state index in [1.807, 2.05) is 0 Å². The lowest BCUT2D eigenvalue weighted by Crippen LogP contribution is -2.39. The minimum absolute atomic E-state index is 0.0790. The number of nitrogens with zero attached hydrogens (tertiary/aromatic N) is 2. The number of hydrogen-bond donors (Lipinski definition) is 2. The number of aliphatic hydroxyl groups is 1. The molecule has 1 aliphatic rings. The zero-order chi connectivity index (χ0) is 12.3. The second-order valence-corrected chi connectivity index (χ2v) is 4.73. The first kappa shape index (κ1) is 12.4. The number of aliphatic hydroxyl groups excluding tert-OH is 1. The lowest BCUT2D eigenvalue weighted by atomic mass is 9.99. The molecule has 0 aromatic carbocycles. The quantitative estimate of drug-likeness (QED) is 0.862. The summed E-state index contributed by atoms with van der Waals surface area (Å²) in [5.41, 5.74) is -0.303. The number of aromatic nitrogens is 2. The van der Waals surface area contributed by atoms with Gasteiger partial charge >= 0.3 is 6.01 Å². The van der Waals surface area contributed by atoms with Crippen LogP contribution >= 0.6 is 11.6 Å². The van der Waals surface area contributed by atoms with Crippen LogP contribution in [0.3, 0.4) is 0 Å². The van der Waals surface area contributed by atoms with Gasteiger partial charge in [-0.1, -0.05) is 24.4 Å². The van der Waals surface area contributed by atoms with E-state index in [0.717, 1.165) is 25.7 Å². The molecule has 94 valence electrons. The highest BCUT2D eigenvalue weighted by Crippen LogP contribution is 2.34. The number of nitrogens with one attached hydrogen (secondary N) is 1. The number of methoxy groups -OCH3 is 1. The topological polar surface area (TPSA) is 67.3 Å². The summed E-state index contributed by atoms with van der Waals surface area (Å²) in [5, 5.41) is 13.2. The molecule has 0 saturated heterocycles. The fraction of sp³-hybridized carbons (Fsp3) is 0.636. The highest BCUT2D eigenvalue weighted by atomic mass is 35.5. The summed E-state index contributed by atoms with van der Waals surface area (Å²) >= 11 is 6.03. The van der Waals surface area contributed by atoms with E-state index < -0.39 is 0 Å². The van der Waals surface area contributed by atoms with E-state index in [9.17, 15) is 5.11 Å². The molecule has 1 aromatic rings. The highest BCUT2D eigenvalue weighted by molar-refractivity contribution is 6.32. The Hall–Kier alpha value is -1.07. The zero-order valence-electron chi connectivity index (χ0n) is 9.74. The van der Waals surface area contributed by atoms with Crippen molar-refractivity contribution in [1.29, 1.82) is 0 Å². The average Bonchev–Trinajstić information content (AvgIpc) is 2.81. The lowest BCUT2D eigenvalue weighted by molar-refractivity contribution is 0.213. The number of halogens is 1. The van der Waals surface area contributed by atoms with Gasteiger partial charge in [-0.3, -0.25) is 0 Å². The molecular formula is C11H16ClN3O2. The van der Waals surface area contributed by atoms with Gasteiger partial charge in [0.05, 0.1) is 25.5 Å². The van der Waals surface area contributed by atoms with Crippen molar-refractivity contribution in [2.75, 3.05) is 19.0 Å². The largest absolute Gasteiger partial charge is 0.467 e. The molecule has 5 nitrogen and oxygen atoms in total. The third kappa shape index (κ3) is 2.61. The Balaban J connectivity index is 2.22. The van der Waals surface area contributed by atoms with E-state index in [4.69, 9.17) is 16.3 Å². The maximum Gasteiger partial charge on any atom is 0.318 e. The Kier molecular flexibility index (Phi) is 3.69. The van der Waals surface area contributed by atoms with Crippen molar-refractivity contribution >= 4 is 17.4 Å². The maximum atomic E-state index is 9.52. The summed E-state index contributed by atoms with van der Waals surface area (Å²) in [6.07, 6.45) is 5.55. The number of ether oxygens (including phenoxy) is 1. The summed E-state index contributed by atoms with van der Waals surface area (Å²) in [5.74, 6) is 0.523. The first-order valence-electron chi connectivity index (χ1n) is 5.65. The summed E-state index contributed by atoms with van der Waals surface area (Å²) in [4.78, 5) is 8.07. The van der Waals surface area contributed by atoms with Gasteiger partial charge in [0.25, 0.3) is 0 Å². The number of hydrogen-bond acceptors (Lipinski definition) is 5. The van der Waals surface area contributed by atoms with Crippen molar-refractivity contribution in [3.63, 3.8) is 0 Å². The minimum Gasteiger partial charge on any atom is -0.467 e. The first-order valence-corrected chi connectivity index (χ1v) is 6.02. The Morgan fingerprint density at radius 3 is 2.82 bits per heavy atom. The monoisotopic (exact) mass is 257 g/mol. The molecule has 1 saturated carbocycles. The molecule has 0 radical (unpaired) electrons. The molecule has 0 aliphatic heterocycles. The van der Waals surface area contributed by atoms with Crippen LogP contribution in [-0.4, -0.2) is 34.3 Å². The Bertz CT molecular complexity index is 394. The van der Waals surface area contributed by atoms with Crippen LogP contribution in [-0.2, 0) is 0 Å². The first-order chi connectivity index (χ1) is 8.19. The van der Waals surface area contributed by atoms with Crippen molar-refractivity contribution in [1.82, 2.24) is 9.97 Å². The molecule has 2 rings (SSSR count). The fourth-order valence-corrected chi connectivity index (χ4v) is 2.30. The van der Waals surface area contributed by atoms with Gasteiger partial charge in [0.15, 0.2) is 5.82 Å². The van der Waals surface area contributed by atoms with E-state index in [1.54, 1.807) is 0 Å². The van der Waals surface area contributed by atoms with Gasteiger partial charge < -0.3 is 15.2 Å². The van der Waals surface area contributed by atoms with Gasteiger partial charge in [-0.05, 0) is 12.8 Å². The van der Waals surface area contributed by atoms with Gasteiger partial charge in [-0.2, -0.15) is 4.98 Å². The molecule has 0 unspecified atom stereocenters. The van der Waals surface area contributed by atoms with Crippen molar-refractivity contribution in [3.8, 4) is 6.01 Å². The van der Waals surface area contributed by atoms with Gasteiger partial charge in [0.2, 0.25) is 0 Å². The van der Waals surface area contributed by atoms with Crippen LogP contribution in [0.15, 0.2) is 6.20 Å². The van der Waals surface area contributed by atoms with Crippen LogP contribution in [0.1, 0.15) is 25.7 Å². The average molecular weight is 258 g/mol. The third-order valence-electron chi connectivity index (χ3n) is 3.15. The Labute approximate surface area is 105 Å². The SMILES string of the molecule is COc1ncc(Cl)c(NC2(CO)CCCC2)n1. The van der Waals surface area contributed by atoms with Gasteiger partial charge in [-0.25, -0.2) is 4.98 Å².